The summed E-state index contributed by atoms with van der Waals surface area (Å²) in [5.41, 5.74) is 1.59. The second-order valence-electron chi connectivity index (χ2n) is 4.91. The van der Waals surface area contributed by atoms with Gasteiger partial charge in [-0.15, -0.1) is 5.10 Å². The topological polar surface area (TPSA) is 72.7 Å². The molecule has 23 heavy (non-hydrogen) atoms. The normalized spacial score (nSPS) is 10.5. The van der Waals surface area contributed by atoms with Crippen molar-refractivity contribution in [3.63, 3.8) is 0 Å². The van der Waals surface area contributed by atoms with Gasteiger partial charge in [0.15, 0.2) is 0 Å². The highest BCUT2D eigenvalue weighted by atomic mass is 19.1. The van der Waals surface area contributed by atoms with Crippen molar-refractivity contribution in [2.45, 2.75) is 6.42 Å². The van der Waals surface area contributed by atoms with Gasteiger partial charge in [-0.05, 0) is 40.6 Å². The maximum Gasteiger partial charge on any atom is 0.254 e. The monoisotopic (exact) mass is 311 g/mol. The van der Waals surface area contributed by atoms with Crippen LogP contribution in [0.3, 0.4) is 0 Å². The van der Waals surface area contributed by atoms with Gasteiger partial charge in [-0.3, -0.25) is 4.79 Å². The average Bonchev–Trinajstić information content (AvgIpc) is 3.10. The summed E-state index contributed by atoms with van der Waals surface area (Å²) in [7, 11) is 0. The first kappa shape index (κ1) is 14.8. The average molecular weight is 311 g/mol. The van der Waals surface area contributed by atoms with Crippen LogP contribution in [-0.4, -0.2) is 32.7 Å². The Balaban J connectivity index is 1.68. The van der Waals surface area contributed by atoms with Gasteiger partial charge < -0.3 is 5.32 Å². The van der Waals surface area contributed by atoms with Gasteiger partial charge in [0, 0.05) is 6.54 Å². The zero-order chi connectivity index (χ0) is 16.1. The number of amides is 1. The van der Waals surface area contributed by atoms with Gasteiger partial charge in [0.05, 0.1) is 11.3 Å². The fourth-order valence-electron chi connectivity index (χ4n) is 2.17. The fraction of sp³-hybridized carbons (Fsp3) is 0.125. The molecule has 0 unspecified atom stereocenters. The van der Waals surface area contributed by atoms with E-state index in [-0.39, 0.29) is 5.56 Å². The number of nitrogens with zero attached hydrogens (tertiary/aromatic N) is 4. The zero-order valence-electron chi connectivity index (χ0n) is 12.2. The lowest BCUT2D eigenvalue weighted by molar-refractivity contribution is 0.0950. The molecule has 3 rings (SSSR count). The van der Waals surface area contributed by atoms with E-state index >= 15 is 0 Å². The minimum Gasteiger partial charge on any atom is -0.352 e. The quantitative estimate of drug-likeness (QED) is 0.779. The van der Waals surface area contributed by atoms with Crippen molar-refractivity contribution in [1.29, 1.82) is 0 Å². The molecule has 0 spiro atoms. The van der Waals surface area contributed by atoms with Crippen molar-refractivity contribution in [3.05, 3.63) is 71.8 Å². The molecule has 2 aromatic carbocycles. The first-order valence-electron chi connectivity index (χ1n) is 7.09. The molecule has 0 fully saturated rings. The van der Waals surface area contributed by atoms with Gasteiger partial charge >= 0.3 is 0 Å². The van der Waals surface area contributed by atoms with E-state index in [1.165, 1.54) is 29.2 Å². The molecule has 1 heterocycles. The highest BCUT2D eigenvalue weighted by molar-refractivity contribution is 5.95. The zero-order valence-corrected chi connectivity index (χ0v) is 12.2. The van der Waals surface area contributed by atoms with Crippen molar-refractivity contribution >= 4 is 5.91 Å². The minimum absolute atomic E-state index is 0.0361. The lowest BCUT2D eigenvalue weighted by atomic mass is 10.1. The first-order valence-corrected chi connectivity index (χ1v) is 7.09. The maximum absolute atomic E-state index is 13.9. The largest absolute Gasteiger partial charge is 0.352 e. The smallest absolute Gasteiger partial charge is 0.254 e. The molecule has 116 valence electrons. The summed E-state index contributed by atoms with van der Waals surface area (Å²) in [4.78, 5) is 12.2. The number of tetrazole rings is 1. The number of benzene rings is 2. The molecule has 3 aromatic rings. The lowest BCUT2D eigenvalue weighted by Gasteiger charge is -2.08. The van der Waals surface area contributed by atoms with E-state index < -0.39 is 11.7 Å². The van der Waals surface area contributed by atoms with Crippen molar-refractivity contribution in [2.24, 2.45) is 0 Å². The summed E-state index contributed by atoms with van der Waals surface area (Å²) < 4.78 is 15.3. The standard InChI is InChI=1S/C16H14FN5O/c17-15-7-6-13(22-11-19-20-21-22)10-14(15)16(23)18-9-8-12-4-2-1-3-5-12/h1-7,10-11H,8-9H2,(H,18,23). The van der Waals surface area contributed by atoms with Gasteiger partial charge in [-0.1, -0.05) is 30.3 Å². The molecular formula is C16H14FN5O. The number of hydrogen-bond donors (Lipinski definition) is 1. The van der Waals surface area contributed by atoms with Crippen LogP contribution in [0.1, 0.15) is 15.9 Å². The number of rotatable bonds is 5. The van der Waals surface area contributed by atoms with E-state index in [9.17, 15) is 9.18 Å². The minimum atomic E-state index is -0.584. The van der Waals surface area contributed by atoms with E-state index in [0.717, 1.165) is 5.56 Å². The Bertz CT molecular complexity index is 789. The van der Waals surface area contributed by atoms with Crippen LogP contribution in [0.2, 0.25) is 0 Å². The predicted octanol–water partition coefficient (Wildman–Crippen LogP) is 1.77. The summed E-state index contributed by atoms with van der Waals surface area (Å²) in [6.45, 7) is 0.428. The molecule has 0 atom stereocenters. The molecule has 0 saturated carbocycles. The number of hydrogen-bond acceptors (Lipinski definition) is 4. The molecule has 0 aliphatic carbocycles. The van der Waals surface area contributed by atoms with Crippen molar-refractivity contribution < 1.29 is 9.18 Å². The molecule has 6 nitrogen and oxygen atoms in total. The molecule has 0 saturated heterocycles. The molecule has 0 aliphatic heterocycles. The maximum atomic E-state index is 13.9. The van der Waals surface area contributed by atoms with E-state index in [1.54, 1.807) is 0 Å². The van der Waals surface area contributed by atoms with Gasteiger partial charge in [0.2, 0.25) is 0 Å². The Morgan fingerprint density at radius 2 is 2.00 bits per heavy atom. The SMILES string of the molecule is O=C(NCCc1ccccc1)c1cc(-n2cnnn2)ccc1F. The fourth-order valence-corrected chi connectivity index (χ4v) is 2.17. The summed E-state index contributed by atoms with van der Waals surface area (Å²) in [6.07, 6.45) is 2.06. The molecular weight excluding hydrogens is 297 g/mol. The summed E-state index contributed by atoms with van der Waals surface area (Å²) >= 11 is 0. The lowest BCUT2D eigenvalue weighted by Crippen LogP contribution is -2.26. The van der Waals surface area contributed by atoms with Crippen molar-refractivity contribution in [1.82, 2.24) is 25.5 Å². The molecule has 0 bridgehead atoms. The third kappa shape index (κ3) is 3.57. The predicted molar refractivity (Wildman–Crippen MR) is 81.6 cm³/mol. The number of halogens is 1. The molecule has 0 radical (unpaired) electrons. The molecule has 1 aromatic heterocycles. The van der Waals surface area contributed by atoms with Crippen LogP contribution in [0.25, 0.3) is 5.69 Å². The van der Waals surface area contributed by atoms with Gasteiger partial charge in [0.25, 0.3) is 5.91 Å². The van der Waals surface area contributed by atoms with Crippen molar-refractivity contribution in [3.8, 4) is 5.69 Å². The van der Waals surface area contributed by atoms with E-state index in [1.807, 2.05) is 30.3 Å². The number of aromatic nitrogens is 4. The summed E-state index contributed by atoms with van der Waals surface area (Å²) in [5.74, 6) is -1.05. The summed E-state index contributed by atoms with van der Waals surface area (Å²) in [6, 6.07) is 13.9. The molecule has 1 N–H and O–H groups in total. The Labute approximate surface area is 132 Å². The van der Waals surface area contributed by atoms with Crippen LogP contribution >= 0.6 is 0 Å². The third-order valence-corrected chi connectivity index (χ3v) is 3.35. The Kier molecular flexibility index (Phi) is 4.37. The highest BCUT2D eigenvalue weighted by Gasteiger charge is 2.13. The van der Waals surface area contributed by atoms with Gasteiger partial charge in [0.1, 0.15) is 12.1 Å². The number of nitrogens with one attached hydrogen (secondary N) is 1. The second kappa shape index (κ2) is 6.78. The van der Waals surface area contributed by atoms with Crippen LogP contribution in [0, 0.1) is 5.82 Å². The Morgan fingerprint density at radius 1 is 1.17 bits per heavy atom. The number of carbonyl (C=O) groups excluding carboxylic acids is 1. The van der Waals surface area contributed by atoms with E-state index in [0.29, 0.717) is 18.7 Å². The third-order valence-electron chi connectivity index (χ3n) is 3.35. The van der Waals surface area contributed by atoms with Crippen LogP contribution in [0.15, 0.2) is 54.9 Å². The van der Waals surface area contributed by atoms with E-state index in [2.05, 4.69) is 20.8 Å². The highest BCUT2D eigenvalue weighted by Crippen LogP contribution is 2.13. The Morgan fingerprint density at radius 3 is 2.74 bits per heavy atom. The van der Waals surface area contributed by atoms with Crippen molar-refractivity contribution in [2.75, 3.05) is 6.54 Å². The number of carbonyl (C=O) groups is 1. The van der Waals surface area contributed by atoms with Crippen LogP contribution in [0.5, 0.6) is 0 Å². The van der Waals surface area contributed by atoms with Crippen LogP contribution < -0.4 is 5.32 Å². The molecule has 7 heteroatoms. The van der Waals surface area contributed by atoms with Crippen LogP contribution in [0.4, 0.5) is 4.39 Å². The first-order chi connectivity index (χ1) is 11.2. The molecule has 0 aliphatic rings. The van der Waals surface area contributed by atoms with Crippen LogP contribution in [-0.2, 0) is 6.42 Å². The Hall–Kier alpha value is -3.09. The second-order valence-corrected chi connectivity index (χ2v) is 4.91. The summed E-state index contributed by atoms with van der Waals surface area (Å²) in [5, 5.41) is 13.5. The van der Waals surface area contributed by atoms with Gasteiger partial charge in [-0.2, -0.15) is 0 Å². The van der Waals surface area contributed by atoms with E-state index in [4.69, 9.17) is 0 Å². The van der Waals surface area contributed by atoms with Gasteiger partial charge in [-0.25, -0.2) is 9.07 Å². The molecule has 1 amide bonds.